The summed E-state index contributed by atoms with van der Waals surface area (Å²) in [6.45, 7) is 4.85. The first-order valence-electron chi connectivity index (χ1n) is 10.2. The summed E-state index contributed by atoms with van der Waals surface area (Å²) in [5.74, 6) is 2.05. The number of aromatic nitrogens is 2. The van der Waals surface area contributed by atoms with E-state index in [-0.39, 0.29) is 5.92 Å². The summed E-state index contributed by atoms with van der Waals surface area (Å²) in [6, 6.07) is 0. The monoisotopic (exact) mass is 393 g/mol. The minimum Gasteiger partial charge on any atom is -0.344 e. The van der Waals surface area contributed by atoms with Crippen LogP contribution in [0.25, 0.3) is 0 Å². The number of likely N-dealkylation sites (N-methyl/N-ethyl adjacent to an activating group) is 1. The minimum absolute atomic E-state index is 0.238. The fourth-order valence-electron chi connectivity index (χ4n) is 4.20. The van der Waals surface area contributed by atoms with Gasteiger partial charge in [-0.2, -0.15) is 0 Å². The van der Waals surface area contributed by atoms with Crippen molar-refractivity contribution in [3.63, 3.8) is 0 Å². The molecule has 2 heterocycles. The van der Waals surface area contributed by atoms with Crippen molar-refractivity contribution in [3.05, 3.63) is 17.4 Å². The number of nitrogens with zero attached hydrogens (tertiary/aromatic N) is 5. The molecule has 150 valence electrons. The molecule has 1 saturated carbocycles. The number of halogens is 1. The molecular formula is C20H32ClN5O. The Balaban J connectivity index is 1.40. The summed E-state index contributed by atoms with van der Waals surface area (Å²) in [4.78, 5) is 27.9. The van der Waals surface area contributed by atoms with Crippen molar-refractivity contribution in [2.45, 2.75) is 38.5 Å². The van der Waals surface area contributed by atoms with E-state index in [1.807, 2.05) is 7.05 Å². The molecule has 0 N–H and O–H groups in total. The third-order valence-corrected chi connectivity index (χ3v) is 6.24. The summed E-state index contributed by atoms with van der Waals surface area (Å²) < 4.78 is 0. The standard InChI is InChI=1S/C20H32ClN5O/c1-24-9-3-10-26(13-12-24)19(27)17-6-4-16(5-7-17)8-11-25(2)20-22-14-18(21)15-23-20/h14-17H,3-13H2,1-2H3/t16-,17-. The summed E-state index contributed by atoms with van der Waals surface area (Å²) >= 11 is 5.85. The van der Waals surface area contributed by atoms with Crippen molar-refractivity contribution in [2.24, 2.45) is 11.8 Å². The van der Waals surface area contributed by atoms with Crippen molar-refractivity contribution in [3.8, 4) is 0 Å². The molecule has 1 aliphatic heterocycles. The normalized spacial score (nSPS) is 24.5. The molecular weight excluding hydrogens is 362 g/mol. The Hall–Kier alpha value is -1.40. The zero-order valence-electron chi connectivity index (χ0n) is 16.6. The first kappa shape index (κ1) is 20.3. The Labute approximate surface area is 167 Å². The van der Waals surface area contributed by atoms with Crippen molar-refractivity contribution in [2.75, 3.05) is 51.7 Å². The van der Waals surface area contributed by atoms with Gasteiger partial charge in [-0.25, -0.2) is 9.97 Å². The van der Waals surface area contributed by atoms with Gasteiger partial charge in [0.2, 0.25) is 11.9 Å². The number of hydrogen-bond donors (Lipinski definition) is 0. The molecule has 2 aliphatic rings. The number of hydrogen-bond acceptors (Lipinski definition) is 5. The van der Waals surface area contributed by atoms with Crippen LogP contribution < -0.4 is 4.90 Å². The molecule has 0 radical (unpaired) electrons. The highest BCUT2D eigenvalue weighted by atomic mass is 35.5. The Morgan fingerprint density at radius 1 is 1.15 bits per heavy atom. The van der Waals surface area contributed by atoms with E-state index in [9.17, 15) is 4.79 Å². The van der Waals surface area contributed by atoms with Crippen molar-refractivity contribution in [1.29, 1.82) is 0 Å². The molecule has 7 heteroatoms. The predicted octanol–water partition coefficient (Wildman–Crippen LogP) is 2.93. The molecule has 0 bridgehead atoms. The van der Waals surface area contributed by atoms with Crippen LogP contribution in [0, 0.1) is 11.8 Å². The lowest BCUT2D eigenvalue weighted by atomic mass is 9.80. The molecule has 1 saturated heterocycles. The average molecular weight is 394 g/mol. The fourth-order valence-corrected chi connectivity index (χ4v) is 4.30. The molecule has 3 rings (SSSR count). The molecule has 1 amide bonds. The smallest absolute Gasteiger partial charge is 0.225 e. The summed E-state index contributed by atoms with van der Waals surface area (Å²) in [5.41, 5.74) is 0. The van der Waals surface area contributed by atoms with Crippen LogP contribution in [0.4, 0.5) is 5.95 Å². The second-order valence-electron chi connectivity index (χ2n) is 8.11. The number of anilines is 1. The zero-order chi connectivity index (χ0) is 19.2. The van der Waals surface area contributed by atoms with E-state index in [0.717, 1.165) is 77.2 Å². The second-order valence-corrected chi connectivity index (χ2v) is 8.55. The molecule has 0 unspecified atom stereocenters. The van der Waals surface area contributed by atoms with E-state index in [1.165, 1.54) is 0 Å². The number of carbonyl (C=O) groups excluding carboxylic acids is 1. The van der Waals surface area contributed by atoms with E-state index in [1.54, 1.807) is 12.4 Å². The third-order valence-electron chi connectivity index (χ3n) is 6.05. The highest BCUT2D eigenvalue weighted by Crippen LogP contribution is 2.32. The van der Waals surface area contributed by atoms with Gasteiger partial charge in [0, 0.05) is 39.1 Å². The van der Waals surface area contributed by atoms with Gasteiger partial charge in [-0.05, 0) is 58.0 Å². The van der Waals surface area contributed by atoms with Crippen LogP contribution in [0.15, 0.2) is 12.4 Å². The van der Waals surface area contributed by atoms with Gasteiger partial charge in [0.1, 0.15) is 0 Å². The summed E-state index contributed by atoms with van der Waals surface area (Å²) in [5, 5.41) is 0.561. The Morgan fingerprint density at radius 3 is 2.56 bits per heavy atom. The molecule has 1 aromatic heterocycles. The van der Waals surface area contributed by atoms with Gasteiger partial charge >= 0.3 is 0 Å². The maximum absolute atomic E-state index is 12.9. The zero-order valence-corrected chi connectivity index (χ0v) is 17.4. The van der Waals surface area contributed by atoms with Crippen LogP contribution in [0.2, 0.25) is 5.02 Å². The topological polar surface area (TPSA) is 52.6 Å². The Bertz CT molecular complexity index is 603. The highest BCUT2D eigenvalue weighted by Gasteiger charge is 2.30. The minimum atomic E-state index is 0.238. The van der Waals surface area contributed by atoms with E-state index in [4.69, 9.17) is 11.6 Å². The van der Waals surface area contributed by atoms with Gasteiger partial charge in [0.05, 0.1) is 17.4 Å². The lowest BCUT2D eigenvalue weighted by Gasteiger charge is -2.32. The van der Waals surface area contributed by atoms with Crippen LogP contribution in [0.1, 0.15) is 38.5 Å². The molecule has 0 aromatic carbocycles. The predicted molar refractivity (Wildman–Crippen MR) is 109 cm³/mol. The van der Waals surface area contributed by atoms with Crippen molar-refractivity contribution < 1.29 is 4.79 Å². The molecule has 27 heavy (non-hydrogen) atoms. The quantitative estimate of drug-likeness (QED) is 0.769. The number of carbonyl (C=O) groups is 1. The molecule has 6 nitrogen and oxygen atoms in total. The van der Waals surface area contributed by atoms with Gasteiger partial charge < -0.3 is 14.7 Å². The number of rotatable bonds is 5. The largest absolute Gasteiger partial charge is 0.344 e. The van der Waals surface area contributed by atoms with Gasteiger partial charge in [-0.15, -0.1) is 0 Å². The first-order valence-corrected chi connectivity index (χ1v) is 10.6. The van der Waals surface area contributed by atoms with Gasteiger partial charge in [-0.3, -0.25) is 4.79 Å². The van der Waals surface area contributed by atoms with Crippen LogP contribution in [0.5, 0.6) is 0 Å². The fraction of sp³-hybridized carbons (Fsp3) is 0.750. The lowest BCUT2D eigenvalue weighted by Crippen LogP contribution is -2.40. The van der Waals surface area contributed by atoms with Crippen LogP contribution in [0.3, 0.4) is 0 Å². The van der Waals surface area contributed by atoms with Crippen LogP contribution in [-0.2, 0) is 4.79 Å². The van der Waals surface area contributed by atoms with Crippen molar-refractivity contribution >= 4 is 23.5 Å². The number of amides is 1. The first-order chi connectivity index (χ1) is 13.0. The Kier molecular flexibility index (Phi) is 7.30. The van der Waals surface area contributed by atoms with E-state index < -0.39 is 0 Å². The molecule has 1 aliphatic carbocycles. The van der Waals surface area contributed by atoms with Gasteiger partial charge in [0.25, 0.3) is 0 Å². The SMILES string of the molecule is CN1CCCN(C(=O)[C@H]2CC[C@H](CCN(C)c3ncc(Cl)cn3)CC2)CC1. The van der Waals surface area contributed by atoms with E-state index in [2.05, 4.69) is 31.7 Å². The van der Waals surface area contributed by atoms with Gasteiger partial charge in [0.15, 0.2) is 0 Å². The maximum Gasteiger partial charge on any atom is 0.225 e. The van der Waals surface area contributed by atoms with Crippen LogP contribution in [-0.4, -0.2) is 72.5 Å². The summed E-state index contributed by atoms with van der Waals surface area (Å²) in [6.07, 6.45) is 9.87. The van der Waals surface area contributed by atoms with Crippen molar-refractivity contribution in [1.82, 2.24) is 19.8 Å². The second kappa shape index (κ2) is 9.69. The molecule has 0 spiro atoms. The summed E-state index contributed by atoms with van der Waals surface area (Å²) in [7, 11) is 4.17. The third kappa shape index (κ3) is 5.79. The molecule has 0 atom stereocenters. The highest BCUT2D eigenvalue weighted by molar-refractivity contribution is 6.30. The molecule has 2 fully saturated rings. The lowest BCUT2D eigenvalue weighted by molar-refractivity contribution is -0.136. The Morgan fingerprint density at radius 2 is 1.85 bits per heavy atom. The molecule has 1 aromatic rings. The van der Waals surface area contributed by atoms with E-state index >= 15 is 0 Å². The van der Waals surface area contributed by atoms with E-state index in [0.29, 0.717) is 16.8 Å². The van der Waals surface area contributed by atoms with Gasteiger partial charge in [-0.1, -0.05) is 11.6 Å². The average Bonchev–Trinajstić information content (AvgIpc) is 2.91. The maximum atomic E-state index is 12.9. The van der Waals surface area contributed by atoms with Crippen LogP contribution >= 0.6 is 11.6 Å².